The fourth-order valence-electron chi connectivity index (χ4n) is 3.62. The number of aromatic nitrogens is 2. The number of likely N-dealkylation sites (N-methyl/N-ethyl adjacent to an activating group) is 1. The van der Waals surface area contributed by atoms with Gasteiger partial charge in [0.2, 0.25) is 5.91 Å². The molecule has 0 radical (unpaired) electrons. The average molecular weight is 524 g/mol. The number of nitrogens with one attached hydrogen (secondary N) is 2. The maximum atomic E-state index is 12.0. The van der Waals surface area contributed by atoms with Gasteiger partial charge in [0, 0.05) is 25.8 Å². The van der Waals surface area contributed by atoms with Crippen molar-refractivity contribution < 1.29 is 4.79 Å². The molecule has 1 amide bonds. The second-order valence-corrected chi connectivity index (χ2v) is 7.90. The number of rotatable bonds is 6. The van der Waals surface area contributed by atoms with E-state index in [0.29, 0.717) is 18.5 Å². The Balaban J connectivity index is 0.00000320. The van der Waals surface area contributed by atoms with Crippen LogP contribution in [0.3, 0.4) is 0 Å². The summed E-state index contributed by atoms with van der Waals surface area (Å²) in [6, 6.07) is 10.7. The van der Waals surface area contributed by atoms with Gasteiger partial charge < -0.3 is 15.5 Å². The van der Waals surface area contributed by atoms with Crippen LogP contribution < -0.4 is 10.6 Å². The first-order chi connectivity index (χ1) is 13.9. The van der Waals surface area contributed by atoms with Crippen LogP contribution in [0.4, 0.5) is 0 Å². The summed E-state index contributed by atoms with van der Waals surface area (Å²) in [5, 5.41) is 11.3. The number of halogens is 1. The van der Waals surface area contributed by atoms with Gasteiger partial charge in [-0.2, -0.15) is 5.10 Å². The molecule has 1 saturated carbocycles. The highest BCUT2D eigenvalue weighted by Crippen LogP contribution is 2.19. The molecule has 1 fully saturated rings. The Kier molecular flexibility index (Phi) is 9.13. The zero-order chi connectivity index (χ0) is 20.8. The van der Waals surface area contributed by atoms with Crippen molar-refractivity contribution >= 4 is 35.8 Å². The van der Waals surface area contributed by atoms with E-state index in [2.05, 4.69) is 40.9 Å². The summed E-state index contributed by atoms with van der Waals surface area (Å²) in [6.45, 7) is 4.79. The van der Waals surface area contributed by atoms with Crippen LogP contribution in [0.2, 0.25) is 0 Å². The molecule has 30 heavy (non-hydrogen) atoms. The molecule has 3 rings (SSSR count). The average Bonchev–Trinajstić information content (AvgIpc) is 3.32. The van der Waals surface area contributed by atoms with Crippen LogP contribution in [0.15, 0.2) is 35.3 Å². The van der Waals surface area contributed by atoms with E-state index in [9.17, 15) is 4.79 Å². The molecule has 0 spiro atoms. The second kappa shape index (κ2) is 11.3. The first-order valence-corrected chi connectivity index (χ1v) is 10.3. The highest BCUT2D eigenvalue weighted by Gasteiger charge is 2.17. The van der Waals surface area contributed by atoms with Crippen molar-refractivity contribution in [1.82, 2.24) is 25.3 Å². The van der Waals surface area contributed by atoms with E-state index in [1.807, 2.05) is 23.7 Å². The van der Waals surface area contributed by atoms with Gasteiger partial charge in [-0.3, -0.25) is 4.79 Å². The van der Waals surface area contributed by atoms with Crippen molar-refractivity contribution in [3.63, 3.8) is 0 Å². The third kappa shape index (κ3) is 6.45. The molecule has 1 aliphatic rings. The molecule has 1 aliphatic carbocycles. The van der Waals surface area contributed by atoms with Gasteiger partial charge in [0.1, 0.15) is 0 Å². The largest absolute Gasteiger partial charge is 0.354 e. The van der Waals surface area contributed by atoms with Gasteiger partial charge in [0.05, 0.1) is 24.5 Å². The number of nitrogens with zero attached hydrogens (tertiary/aromatic N) is 4. The highest BCUT2D eigenvalue weighted by atomic mass is 127. The Morgan fingerprint density at radius 1 is 1.23 bits per heavy atom. The topological polar surface area (TPSA) is 74.6 Å². The van der Waals surface area contributed by atoms with Gasteiger partial charge >= 0.3 is 0 Å². The van der Waals surface area contributed by atoms with Gasteiger partial charge in [-0.15, -0.1) is 24.0 Å². The molecular formula is C22H33IN6O. The highest BCUT2D eigenvalue weighted by molar-refractivity contribution is 14.0. The lowest BCUT2D eigenvalue weighted by Crippen LogP contribution is -2.46. The lowest BCUT2D eigenvalue weighted by Gasteiger charge is -2.19. The summed E-state index contributed by atoms with van der Waals surface area (Å²) in [7, 11) is 3.52. The lowest BCUT2D eigenvalue weighted by molar-refractivity contribution is -0.127. The quantitative estimate of drug-likeness (QED) is 0.346. The molecule has 164 valence electrons. The SMILES string of the molecule is Cc1cc(C)n(-c2ccccc2CN=C(NCC(=O)N(C)C)NC2CCCC2)n1.I. The minimum atomic E-state index is 0. The zero-order valence-electron chi connectivity index (χ0n) is 18.3. The number of hydrogen-bond acceptors (Lipinski definition) is 3. The summed E-state index contributed by atoms with van der Waals surface area (Å²) in [4.78, 5) is 18.4. The first kappa shape index (κ1) is 24.2. The van der Waals surface area contributed by atoms with Crippen molar-refractivity contribution in [3.05, 3.63) is 47.3 Å². The Morgan fingerprint density at radius 3 is 2.57 bits per heavy atom. The van der Waals surface area contributed by atoms with Crippen LogP contribution in [0.25, 0.3) is 5.69 Å². The van der Waals surface area contributed by atoms with E-state index in [-0.39, 0.29) is 36.4 Å². The van der Waals surface area contributed by atoms with Gasteiger partial charge in [0.25, 0.3) is 0 Å². The van der Waals surface area contributed by atoms with E-state index in [1.54, 1.807) is 19.0 Å². The molecule has 0 unspecified atom stereocenters. The Labute approximate surface area is 196 Å². The summed E-state index contributed by atoms with van der Waals surface area (Å²) in [6.07, 6.45) is 4.76. The Morgan fingerprint density at radius 2 is 1.93 bits per heavy atom. The number of carbonyl (C=O) groups is 1. The molecule has 0 aliphatic heterocycles. The summed E-state index contributed by atoms with van der Waals surface area (Å²) in [5.41, 5.74) is 4.21. The molecule has 0 atom stereocenters. The van der Waals surface area contributed by atoms with Gasteiger partial charge in [-0.1, -0.05) is 31.0 Å². The molecule has 2 aromatic rings. The van der Waals surface area contributed by atoms with Crippen molar-refractivity contribution in [1.29, 1.82) is 0 Å². The molecule has 2 N–H and O–H groups in total. The molecule has 0 saturated heterocycles. The number of benzene rings is 1. The van der Waals surface area contributed by atoms with Crippen LogP contribution in [0.1, 0.15) is 42.6 Å². The van der Waals surface area contributed by atoms with E-state index >= 15 is 0 Å². The molecule has 1 aromatic heterocycles. The third-order valence-electron chi connectivity index (χ3n) is 5.24. The monoisotopic (exact) mass is 524 g/mol. The van der Waals surface area contributed by atoms with Crippen molar-refractivity contribution in [3.8, 4) is 5.69 Å². The maximum Gasteiger partial charge on any atom is 0.241 e. The van der Waals surface area contributed by atoms with Crippen LogP contribution in [-0.2, 0) is 11.3 Å². The van der Waals surface area contributed by atoms with Crippen molar-refractivity contribution in [2.24, 2.45) is 4.99 Å². The molecule has 0 bridgehead atoms. The predicted octanol–water partition coefficient (Wildman–Crippen LogP) is 3.17. The second-order valence-electron chi connectivity index (χ2n) is 7.90. The minimum Gasteiger partial charge on any atom is -0.354 e. The van der Waals surface area contributed by atoms with Gasteiger partial charge in [-0.05, 0) is 44.4 Å². The van der Waals surface area contributed by atoms with Crippen LogP contribution >= 0.6 is 24.0 Å². The number of hydrogen-bond donors (Lipinski definition) is 2. The van der Waals surface area contributed by atoms with Gasteiger partial charge in [-0.25, -0.2) is 9.67 Å². The van der Waals surface area contributed by atoms with Crippen LogP contribution in [0, 0.1) is 13.8 Å². The minimum absolute atomic E-state index is 0. The number of amides is 1. The van der Waals surface area contributed by atoms with Crippen LogP contribution in [-0.4, -0.2) is 53.2 Å². The number of para-hydroxylation sites is 1. The summed E-state index contributed by atoms with van der Waals surface area (Å²) >= 11 is 0. The van der Waals surface area contributed by atoms with E-state index in [1.165, 1.54) is 12.8 Å². The Hall–Kier alpha value is -2.10. The molecule has 1 aromatic carbocycles. The molecule has 1 heterocycles. The molecule has 8 heteroatoms. The van der Waals surface area contributed by atoms with Crippen LogP contribution in [0.5, 0.6) is 0 Å². The van der Waals surface area contributed by atoms with E-state index in [0.717, 1.165) is 35.5 Å². The predicted molar refractivity (Wildman–Crippen MR) is 132 cm³/mol. The fourth-order valence-corrected chi connectivity index (χ4v) is 3.62. The maximum absolute atomic E-state index is 12.0. The molecule has 7 nitrogen and oxygen atoms in total. The van der Waals surface area contributed by atoms with Crippen molar-refractivity contribution in [2.75, 3.05) is 20.6 Å². The zero-order valence-corrected chi connectivity index (χ0v) is 20.6. The lowest BCUT2D eigenvalue weighted by atomic mass is 10.2. The summed E-state index contributed by atoms with van der Waals surface area (Å²) < 4.78 is 1.97. The summed E-state index contributed by atoms with van der Waals surface area (Å²) in [5.74, 6) is 0.712. The van der Waals surface area contributed by atoms with Crippen molar-refractivity contribution in [2.45, 2.75) is 52.1 Å². The number of aryl methyl sites for hydroxylation is 2. The number of carbonyl (C=O) groups excluding carboxylic acids is 1. The fraction of sp³-hybridized carbons (Fsp3) is 0.500. The Bertz CT molecular complexity index is 870. The van der Waals surface area contributed by atoms with E-state index in [4.69, 9.17) is 4.99 Å². The molecular weight excluding hydrogens is 491 g/mol. The van der Waals surface area contributed by atoms with Gasteiger partial charge in [0.15, 0.2) is 5.96 Å². The number of guanidine groups is 1. The van der Waals surface area contributed by atoms with E-state index < -0.39 is 0 Å². The normalized spacial score (nSPS) is 14.3. The smallest absolute Gasteiger partial charge is 0.241 e. The third-order valence-corrected chi connectivity index (χ3v) is 5.24. The standard InChI is InChI=1S/C22H32N6O.HI/c1-16-13-17(2)28(26-16)20-12-8-5-9-18(20)14-23-22(24-15-21(29)27(3)4)25-19-10-6-7-11-19;/h5,8-9,12-13,19H,6-7,10-11,14-15H2,1-4H3,(H2,23,24,25);1H. The number of aliphatic imine (C=N–C) groups is 1. The first-order valence-electron chi connectivity index (χ1n) is 10.3.